The van der Waals surface area contributed by atoms with E-state index in [1.807, 2.05) is 0 Å². The van der Waals surface area contributed by atoms with Gasteiger partial charge in [0.1, 0.15) is 0 Å². The van der Waals surface area contributed by atoms with Gasteiger partial charge in [0.15, 0.2) is 0 Å². The molecule has 0 spiro atoms. The van der Waals surface area contributed by atoms with Crippen LogP contribution in [-0.2, 0) is 6.42 Å². The van der Waals surface area contributed by atoms with E-state index in [-0.39, 0.29) is 0 Å². The molecule has 2 fully saturated rings. The zero-order valence-electron chi connectivity index (χ0n) is 13.1. The maximum absolute atomic E-state index is 6.10. The third kappa shape index (κ3) is 3.85. The molecule has 2 aliphatic rings. The van der Waals surface area contributed by atoms with E-state index in [2.05, 4.69) is 40.1 Å². The second-order valence-electron chi connectivity index (χ2n) is 6.59. The van der Waals surface area contributed by atoms with Gasteiger partial charge in [0, 0.05) is 25.2 Å². The van der Waals surface area contributed by atoms with Crippen LogP contribution in [0.3, 0.4) is 0 Å². The first-order valence-electron chi connectivity index (χ1n) is 8.59. The van der Waals surface area contributed by atoms with Crippen LogP contribution in [0.2, 0.25) is 0 Å². The summed E-state index contributed by atoms with van der Waals surface area (Å²) in [5, 5.41) is 0. The molecule has 0 saturated carbocycles. The van der Waals surface area contributed by atoms with Crippen LogP contribution in [0.25, 0.3) is 0 Å². The van der Waals surface area contributed by atoms with Gasteiger partial charge in [-0.1, -0.05) is 30.3 Å². The minimum atomic E-state index is 0.547. The van der Waals surface area contributed by atoms with Gasteiger partial charge in [-0.05, 0) is 57.3 Å². The summed E-state index contributed by atoms with van der Waals surface area (Å²) in [7, 11) is 0. The van der Waals surface area contributed by atoms with E-state index < -0.39 is 0 Å². The highest BCUT2D eigenvalue weighted by Gasteiger charge is 2.30. The molecule has 3 heteroatoms. The van der Waals surface area contributed by atoms with Gasteiger partial charge in [0.05, 0.1) is 0 Å². The Labute approximate surface area is 129 Å². The molecule has 1 aromatic rings. The van der Waals surface area contributed by atoms with Crippen LogP contribution in [0.4, 0.5) is 0 Å². The van der Waals surface area contributed by atoms with Crippen LogP contribution < -0.4 is 5.73 Å². The van der Waals surface area contributed by atoms with Crippen molar-refractivity contribution in [2.45, 2.75) is 44.2 Å². The van der Waals surface area contributed by atoms with Crippen molar-refractivity contribution in [3.05, 3.63) is 35.9 Å². The summed E-state index contributed by atoms with van der Waals surface area (Å²) >= 11 is 0. The Balaban J connectivity index is 1.57. The second-order valence-corrected chi connectivity index (χ2v) is 6.59. The highest BCUT2D eigenvalue weighted by Crippen LogP contribution is 2.23. The van der Waals surface area contributed by atoms with Crippen LogP contribution in [0.15, 0.2) is 30.3 Å². The summed E-state index contributed by atoms with van der Waals surface area (Å²) in [6, 6.07) is 12.2. The van der Waals surface area contributed by atoms with Crippen molar-refractivity contribution in [3.63, 3.8) is 0 Å². The fourth-order valence-electron chi connectivity index (χ4n) is 3.99. The molecule has 0 aliphatic carbocycles. The van der Waals surface area contributed by atoms with Gasteiger partial charge in [0.2, 0.25) is 0 Å². The number of nitrogens with two attached hydrogens (primary N) is 1. The van der Waals surface area contributed by atoms with Gasteiger partial charge in [-0.3, -0.25) is 9.80 Å². The Bertz CT molecular complexity index is 420. The zero-order chi connectivity index (χ0) is 14.5. The van der Waals surface area contributed by atoms with Gasteiger partial charge in [-0.25, -0.2) is 0 Å². The van der Waals surface area contributed by atoms with Gasteiger partial charge in [-0.2, -0.15) is 0 Å². The molecule has 3 rings (SSSR count). The molecule has 0 radical (unpaired) electrons. The Hall–Kier alpha value is -0.900. The van der Waals surface area contributed by atoms with Gasteiger partial charge in [-0.15, -0.1) is 0 Å². The van der Waals surface area contributed by atoms with Crippen molar-refractivity contribution >= 4 is 0 Å². The third-order valence-electron chi connectivity index (χ3n) is 5.23. The first-order valence-corrected chi connectivity index (χ1v) is 8.59. The molecular formula is C18H29N3. The number of fused-ring (bicyclic) bond motifs is 1. The number of hydrogen-bond donors (Lipinski definition) is 1. The predicted octanol–water partition coefficient (Wildman–Crippen LogP) is 2.12. The summed E-state index contributed by atoms with van der Waals surface area (Å²) < 4.78 is 0. The standard InChI is InChI=1S/C18H29N3/c19-14-17(10-9-16-6-2-1-3-7-16)21-13-5-12-20-11-4-8-18(20)15-21/h1-3,6-7,17-18H,4-5,8-15,19H2. The molecule has 116 valence electrons. The molecule has 0 aromatic heterocycles. The Morgan fingerprint density at radius 3 is 2.71 bits per heavy atom. The fraction of sp³-hybridized carbons (Fsp3) is 0.667. The molecule has 21 heavy (non-hydrogen) atoms. The predicted molar refractivity (Wildman–Crippen MR) is 88.4 cm³/mol. The van der Waals surface area contributed by atoms with E-state index in [9.17, 15) is 0 Å². The number of nitrogens with zero attached hydrogens (tertiary/aromatic N) is 2. The van der Waals surface area contributed by atoms with E-state index in [1.54, 1.807) is 0 Å². The first kappa shape index (κ1) is 15.0. The van der Waals surface area contributed by atoms with Crippen molar-refractivity contribution in [3.8, 4) is 0 Å². The number of aryl methyl sites for hydroxylation is 1. The lowest BCUT2D eigenvalue weighted by Crippen LogP contribution is -2.45. The van der Waals surface area contributed by atoms with Crippen LogP contribution in [0, 0.1) is 0 Å². The molecule has 1 aromatic carbocycles. The molecule has 2 N–H and O–H groups in total. The molecule has 2 atom stereocenters. The first-order chi connectivity index (χ1) is 10.4. The third-order valence-corrected chi connectivity index (χ3v) is 5.23. The normalized spacial score (nSPS) is 25.5. The monoisotopic (exact) mass is 287 g/mol. The molecule has 2 saturated heterocycles. The summed E-state index contributed by atoms with van der Waals surface area (Å²) in [5.74, 6) is 0. The quantitative estimate of drug-likeness (QED) is 0.900. The largest absolute Gasteiger partial charge is 0.329 e. The lowest BCUT2D eigenvalue weighted by atomic mass is 10.0. The summed E-state index contributed by atoms with van der Waals surface area (Å²) in [6.07, 6.45) is 6.40. The number of benzene rings is 1. The lowest BCUT2D eigenvalue weighted by Gasteiger charge is -2.32. The molecule has 2 unspecified atom stereocenters. The summed E-state index contributed by atoms with van der Waals surface area (Å²) in [5.41, 5.74) is 7.54. The van der Waals surface area contributed by atoms with Crippen LogP contribution >= 0.6 is 0 Å². The minimum Gasteiger partial charge on any atom is -0.329 e. The maximum atomic E-state index is 6.10. The summed E-state index contributed by atoms with van der Waals surface area (Å²) in [4.78, 5) is 5.38. The highest BCUT2D eigenvalue weighted by molar-refractivity contribution is 5.14. The molecule has 2 heterocycles. The van der Waals surface area contributed by atoms with Crippen LogP contribution in [0.1, 0.15) is 31.2 Å². The molecule has 3 nitrogen and oxygen atoms in total. The van der Waals surface area contributed by atoms with Crippen molar-refractivity contribution in [2.75, 3.05) is 32.7 Å². The smallest absolute Gasteiger partial charge is 0.0223 e. The van der Waals surface area contributed by atoms with Crippen molar-refractivity contribution < 1.29 is 0 Å². The van der Waals surface area contributed by atoms with Crippen molar-refractivity contribution in [2.24, 2.45) is 5.73 Å². The number of rotatable bonds is 5. The van der Waals surface area contributed by atoms with Crippen molar-refractivity contribution in [1.82, 2.24) is 9.80 Å². The van der Waals surface area contributed by atoms with Crippen LogP contribution in [0.5, 0.6) is 0 Å². The lowest BCUT2D eigenvalue weighted by molar-refractivity contribution is 0.169. The average Bonchev–Trinajstić information content (AvgIpc) is 2.87. The summed E-state index contributed by atoms with van der Waals surface area (Å²) in [6.45, 7) is 5.85. The Morgan fingerprint density at radius 1 is 1.10 bits per heavy atom. The molecular weight excluding hydrogens is 258 g/mol. The van der Waals surface area contributed by atoms with Gasteiger partial charge >= 0.3 is 0 Å². The Kier molecular flexibility index (Phi) is 5.28. The number of hydrogen-bond acceptors (Lipinski definition) is 3. The van der Waals surface area contributed by atoms with E-state index in [1.165, 1.54) is 57.4 Å². The van der Waals surface area contributed by atoms with E-state index in [0.717, 1.165) is 19.0 Å². The van der Waals surface area contributed by atoms with Gasteiger partial charge < -0.3 is 5.73 Å². The zero-order valence-corrected chi connectivity index (χ0v) is 13.1. The van der Waals surface area contributed by atoms with E-state index in [4.69, 9.17) is 5.73 Å². The second kappa shape index (κ2) is 7.39. The SMILES string of the molecule is NCC(CCc1ccccc1)N1CCCN2CCCC2C1. The van der Waals surface area contributed by atoms with E-state index >= 15 is 0 Å². The molecule has 2 aliphatic heterocycles. The van der Waals surface area contributed by atoms with Gasteiger partial charge in [0.25, 0.3) is 0 Å². The van der Waals surface area contributed by atoms with Crippen molar-refractivity contribution in [1.29, 1.82) is 0 Å². The molecule has 0 bridgehead atoms. The Morgan fingerprint density at radius 2 is 1.90 bits per heavy atom. The average molecular weight is 287 g/mol. The topological polar surface area (TPSA) is 32.5 Å². The fourth-order valence-corrected chi connectivity index (χ4v) is 3.99. The molecule has 0 amide bonds. The highest BCUT2D eigenvalue weighted by atomic mass is 15.3. The minimum absolute atomic E-state index is 0.547. The maximum Gasteiger partial charge on any atom is 0.0223 e. The van der Waals surface area contributed by atoms with Crippen LogP contribution in [-0.4, -0.2) is 54.6 Å². The van der Waals surface area contributed by atoms with E-state index in [0.29, 0.717) is 6.04 Å².